The van der Waals surface area contributed by atoms with Gasteiger partial charge < -0.3 is 9.64 Å². The third-order valence-electron chi connectivity index (χ3n) is 4.52. The number of pyridine rings is 1. The van der Waals surface area contributed by atoms with E-state index in [-0.39, 0.29) is 12.0 Å². The van der Waals surface area contributed by atoms with Crippen molar-refractivity contribution in [3.8, 4) is 0 Å². The largest absolute Gasteiger partial charge is 0.376 e. The molecule has 1 aromatic heterocycles. The minimum Gasteiger partial charge on any atom is -0.376 e. The fourth-order valence-electron chi connectivity index (χ4n) is 3.26. The number of ether oxygens (including phenoxy) is 1. The molecule has 1 saturated heterocycles. The maximum absolute atomic E-state index is 13.1. The molecular weight excluding hydrogens is 288 g/mol. The Morgan fingerprint density at radius 2 is 2.22 bits per heavy atom. The van der Waals surface area contributed by atoms with E-state index < -0.39 is 0 Å². The zero-order valence-electron chi connectivity index (χ0n) is 14.1. The molecule has 1 aliphatic heterocycles. The van der Waals surface area contributed by atoms with Gasteiger partial charge in [0.2, 0.25) is 0 Å². The van der Waals surface area contributed by atoms with E-state index in [1.165, 1.54) is 0 Å². The number of carbonyl (C=O) groups excluding carboxylic acids is 1. The van der Waals surface area contributed by atoms with E-state index in [4.69, 9.17) is 4.74 Å². The van der Waals surface area contributed by atoms with Gasteiger partial charge in [0, 0.05) is 30.8 Å². The van der Waals surface area contributed by atoms with Crippen molar-refractivity contribution in [1.29, 1.82) is 0 Å². The van der Waals surface area contributed by atoms with E-state index in [0.717, 1.165) is 47.2 Å². The predicted molar refractivity (Wildman–Crippen MR) is 91.8 cm³/mol. The van der Waals surface area contributed by atoms with Gasteiger partial charge in [0.15, 0.2) is 0 Å². The number of carbonyl (C=O) groups is 1. The van der Waals surface area contributed by atoms with E-state index in [0.29, 0.717) is 13.1 Å². The number of hydrogen-bond acceptors (Lipinski definition) is 3. The lowest BCUT2D eigenvalue weighted by Crippen LogP contribution is -2.37. The highest BCUT2D eigenvalue weighted by Gasteiger charge is 2.24. The normalized spacial score (nSPS) is 17.6. The maximum atomic E-state index is 13.1. The summed E-state index contributed by atoms with van der Waals surface area (Å²) in [5.74, 6) is 0.0732. The first-order valence-corrected chi connectivity index (χ1v) is 8.38. The molecule has 1 aliphatic rings. The molecule has 2 heterocycles. The van der Waals surface area contributed by atoms with Crippen LogP contribution >= 0.6 is 0 Å². The van der Waals surface area contributed by atoms with E-state index in [1.54, 1.807) is 0 Å². The van der Waals surface area contributed by atoms with Gasteiger partial charge in [-0.05, 0) is 45.2 Å². The van der Waals surface area contributed by atoms with Crippen molar-refractivity contribution in [1.82, 2.24) is 9.88 Å². The van der Waals surface area contributed by atoms with Crippen LogP contribution in [0, 0.1) is 13.8 Å². The molecule has 0 saturated carbocycles. The van der Waals surface area contributed by atoms with Gasteiger partial charge in [-0.2, -0.15) is 0 Å². The Morgan fingerprint density at radius 1 is 1.39 bits per heavy atom. The standard InChI is InChI=1S/C19H24N2O2/c1-4-21(12-15-8-6-10-23-15)19(22)17-11-14(3)20-18-13(2)7-5-9-16(17)18/h5,7,9,11,15H,4,6,8,10,12H2,1-3H3/t15-/m1/s1. The van der Waals surface area contributed by atoms with Gasteiger partial charge in [-0.1, -0.05) is 18.2 Å². The van der Waals surface area contributed by atoms with E-state index in [2.05, 4.69) is 4.98 Å². The Morgan fingerprint density at radius 3 is 2.91 bits per heavy atom. The van der Waals surface area contributed by atoms with Crippen molar-refractivity contribution < 1.29 is 9.53 Å². The predicted octanol–water partition coefficient (Wildman–Crippen LogP) is 3.49. The van der Waals surface area contributed by atoms with Crippen LogP contribution in [0.5, 0.6) is 0 Å². The summed E-state index contributed by atoms with van der Waals surface area (Å²) in [4.78, 5) is 19.6. The first-order chi connectivity index (χ1) is 11.1. The van der Waals surface area contributed by atoms with Crippen LogP contribution in [0.3, 0.4) is 0 Å². The number of para-hydroxylation sites is 1. The van der Waals surface area contributed by atoms with Crippen LogP contribution in [0.25, 0.3) is 10.9 Å². The molecule has 1 aromatic carbocycles. The van der Waals surface area contributed by atoms with Gasteiger partial charge in [-0.25, -0.2) is 0 Å². The second kappa shape index (κ2) is 6.67. The second-order valence-corrected chi connectivity index (χ2v) is 6.26. The number of hydrogen-bond donors (Lipinski definition) is 0. The van der Waals surface area contributed by atoms with Crippen LogP contribution in [0.4, 0.5) is 0 Å². The van der Waals surface area contributed by atoms with E-state index >= 15 is 0 Å². The van der Waals surface area contributed by atoms with Crippen LogP contribution in [0.15, 0.2) is 24.3 Å². The molecule has 4 nitrogen and oxygen atoms in total. The number of fused-ring (bicyclic) bond motifs is 1. The quantitative estimate of drug-likeness (QED) is 0.868. The molecule has 122 valence electrons. The Bertz CT molecular complexity index is 721. The zero-order valence-corrected chi connectivity index (χ0v) is 14.1. The van der Waals surface area contributed by atoms with Crippen molar-refractivity contribution in [3.05, 3.63) is 41.1 Å². The summed E-state index contributed by atoms with van der Waals surface area (Å²) in [6, 6.07) is 7.92. The van der Waals surface area contributed by atoms with Gasteiger partial charge in [0.25, 0.3) is 5.91 Å². The van der Waals surface area contributed by atoms with Crippen molar-refractivity contribution in [3.63, 3.8) is 0 Å². The number of benzene rings is 1. The number of aryl methyl sites for hydroxylation is 2. The molecule has 3 rings (SSSR count). The average Bonchev–Trinajstić information content (AvgIpc) is 3.05. The van der Waals surface area contributed by atoms with Crippen molar-refractivity contribution >= 4 is 16.8 Å². The Hall–Kier alpha value is -1.94. The molecule has 1 atom stereocenters. The van der Waals surface area contributed by atoms with Gasteiger partial charge in [-0.15, -0.1) is 0 Å². The number of nitrogens with zero attached hydrogens (tertiary/aromatic N) is 2. The molecule has 4 heteroatoms. The summed E-state index contributed by atoms with van der Waals surface area (Å²) in [5, 5.41) is 0.936. The monoisotopic (exact) mass is 312 g/mol. The summed E-state index contributed by atoms with van der Waals surface area (Å²) in [6.07, 6.45) is 2.31. The first-order valence-electron chi connectivity index (χ1n) is 8.38. The third-order valence-corrected chi connectivity index (χ3v) is 4.52. The molecule has 0 radical (unpaired) electrons. The Balaban J connectivity index is 1.97. The highest BCUT2D eigenvalue weighted by molar-refractivity contribution is 6.06. The molecule has 2 aromatic rings. The van der Waals surface area contributed by atoms with Crippen LogP contribution in [-0.2, 0) is 4.74 Å². The fraction of sp³-hybridized carbons (Fsp3) is 0.474. The van der Waals surface area contributed by atoms with E-state index in [1.807, 2.05) is 49.9 Å². The van der Waals surface area contributed by atoms with Gasteiger partial charge in [0.05, 0.1) is 17.2 Å². The first kappa shape index (κ1) is 15.9. The minimum atomic E-state index is 0.0732. The van der Waals surface area contributed by atoms with Crippen LogP contribution in [-0.4, -0.2) is 41.6 Å². The Kier molecular flexibility index (Phi) is 4.62. The SMILES string of the molecule is CCN(C[C@H]1CCCO1)C(=O)c1cc(C)nc2c(C)cccc12. The molecule has 0 N–H and O–H groups in total. The zero-order chi connectivity index (χ0) is 16.4. The van der Waals surface area contributed by atoms with E-state index in [9.17, 15) is 4.79 Å². The molecular formula is C19H24N2O2. The second-order valence-electron chi connectivity index (χ2n) is 6.26. The number of aromatic nitrogens is 1. The molecule has 0 bridgehead atoms. The molecule has 1 amide bonds. The highest BCUT2D eigenvalue weighted by Crippen LogP contribution is 2.23. The number of likely N-dealkylation sites (N-methyl/N-ethyl adjacent to an activating group) is 1. The lowest BCUT2D eigenvalue weighted by Gasteiger charge is -2.25. The van der Waals surface area contributed by atoms with Crippen LogP contribution < -0.4 is 0 Å². The number of rotatable bonds is 4. The average molecular weight is 312 g/mol. The molecule has 0 unspecified atom stereocenters. The topological polar surface area (TPSA) is 42.4 Å². The molecule has 0 aliphatic carbocycles. The van der Waals surface area contributed by atoms with Crippen LogP contribution in [0.2, 0.25) is 0 Å². The smallest absolute Gasteiger partial charge is 0.254 e. The Labute approximate surface area is 137 Å². The van der Waals surface area contributed by atoms with Gasteiger partial charge >= 0.3 is 0 Å². The fourth-order valence-corrected chi connectivity index (χ4v) is 3.26. The summed E-state index contributed by atoms with van der Waals surface area (Å²) in [5.41, 5.74) is 3.64. The minimum absolute atomic E-state index is 0.0732. The van der Waals surface area contributed by atoms with Gasteiger partial charge in [0.1, 0.15) is 0 Å². The summed E-state index contributed by atoms with van der Waals surface area (Å²) in [6.45, 7) is 8.17. The summed E-state index contributed by atoms with van der Waals surface area (Å²) < 4.78 is 5.70. The lowest BCUT2D eigenvalue weighted by molar-refractivity contribution is 0.0540. The molecule has 23 heavy (non-hydrogen) atoms. The lowest BCUT2D eigenvalue weighted by atomic mass is 10.0. The highest BCUT2D eigenvalue weighted by atomic mass is 16.5. The van der Waals surface area contributed by atoms with Gasteiger partial charge in [-0.3, -0.25) is 9.78 Å². The summed E-state index contributed by atoms with van der Waals surface area (Å²) >= 11 is 0. The van der Waals surface area contributed by atoms with Crippen molar-refractivity contribution in [2.24, 2.45) is 0 Å². The van der Waals surface area contributed by atoms with Crippen molar-refractivity contribution in [2.75, 3.05) is 19.7 Å². The third kappa shape index (κ3) is 3.22. The van der Waals surface area contributed by atoms with Crippen LogP contribution in [0.1, 0.15) is 41.4 Å². The molecule has 0 spiro atoms. The number of amides is 1. The summed E-state index contributed by atoms with van der Waals surface area (Å²) in [7, 11) is 0. The van der Waals surface area contributed by atoms with Crippen molar-refractivity contribution in [2.45, 2.75) is 39.7 Å². The maximum Gasteiger partial charge on any atom is 0.254 e. The molecule has 1 fully saturated rings.